The van der Waals surface area contributed by atoms with E-state index in [1.54, 1.807) is 42.3 Å². The smallest absolute Gasteiger partial charge is 0.241 e. The fourth-order valence-electron chi connectivity index (χ4n) is 1.94. The highest BCUT2D eigenvalue weighted by Gasteiger charge is 2.20. The van der Waals surface area contributed by atoms with Crippen LogP contribution in [-0.4, -0.2) is 29.1 Å². The number of benzene rings is 1. The first-order valence-electron chi connectivity index (χ1n) is 6.30. The van der Waals surface area contributed by atoms with E-state index in [2.05, 4.69) is 25.6 Å². The van der Waals surface area contributed by atoms with Gasteiger partial charge in [0.1, 0.15) is 0 Å². The third-order valence-electron chi connectivity index (χ3n) is 2.87. The van der Waals surface area contributed by atoms with Crippen molar-refractivity contribution in [1.82, 2.24) is 14.3 Å². The van der Waals surface area contributed by atoms with Crippen molar-refractivity contribution in [2.24, 2.45) is 0 Å². The van der Waals surface area contributed by atoms with Crippen LogP contribution in [0.25, 0.3) is 0 Å². The summed E-state index contributed by atoms with van der Waals surface area (Å²) >= 11 is 3.23. The molecule has 0 saturated heterocycles. The molecule has 0 saturated carbocycles. The number of nitrogens with one attached hydrogen (secondary N) is 1. The second-order valence-corrected chi connectivity index (χ2v) is 7.24. The minimum atomic E-state index is -3.63. The van der Waals surface area contributed by atoms with Crippen molar-refractivity contribution in [1.29, 1.82) is 0 Å². The first-order valence-corrected chi connectivity index (χ1v) is 8.57. The third kappa shape index (κ3) is 4.13. The maximum absolute atomic E-state index is 12.4. The van der Waals surface area contributed by atoms with Gasteiger partial charge >= 0.3 is 0 Å². The van der Waals surface area contributed by atoms with E-state index in [4.69, 9.17) is 5.11 Å². The Balaban J connectivity index is 2.14. The molecule has 1 aromatic carbocycles. The molecular formula is C13H16BrN3O3S. The van der Waals surface area contributed by atoms with E-state index in [9.17, 15) is 8.42 Å². The molecule has 0 radical (unpaired) electrons. The van der Waals surface area contributed by atoms with Crippen LogP contribution < -0.4 is 4.72 Å². The highest BCUT2D eigenvalue weighted by atomic mass is 79.9. The van der Waals surface area contributed by atoms with Gasteiger partial charge in [-0.05, 0) is 40.5 Å². The number of halogens is 1. The summed E-state index contributed by atoms with van der Waals surface area (Å²) in [5, 5.41) is 9.05. The Bertz CT molecular complexity index is 701. The first-order chi connectivity index (χ1) is 9.92. The molecule has 0 bridgehead atoms. The van der Waals surface area contributed by atoms with Crippen LogP contribution in [-0.2, 0) is 23.2 Å². The third-order valence-corrected chi connectivity index (χ3v) is 5.43. The zero-order chi connectivity index (χ0) is 15.5. The normalized spacial score (nSPS) is 13.3. The maximum Gasteiger partial charge on any atom is 0.241 e. The van der Waals surface area contributed by atoms with Crippen LogP contribution in [0.5, 0.6) is 0 Å². The molecule has 2 rings (SSSR count). The highest BCUT2D eigenvalue weighted by Crippen LogP contribution is 2.23. The Hall–Kier alpha value is -1.22. The molecule has 0 fully saturated rings. The topological polar surface area (TPSA) is 84.2 Å². The van der Waals surface area contributed by atoms with Gasteiger partial charge in [0, 0.05) is 29.5 Å². The summed E-state index contributed by atoms with van der Waals surface area (Å²) in [7, 11) is -3.63. The molecular weight excluding hydrogens is 358 g/mol. The quantitative estimate of drug-likeness (QED) is 0.803. The number of aliphatic hydroxyl groups is 1. The number of aliphatic hydroxyl groups excluding tert-OH is 1. The van der Waals surface area contributed by atoms with Crippen LogP contribution >= 0.6 is 15.9 Å². The zero-order valence-corrected chi connectivity index (χ0v) is 13.8. The lowest BCUT2D eigenvalue weighted by atomic mass is 10.2. The number of rotatable bonds is 6. The van der Waals surface area contributed by atoms with E-state index in [1.807, 2.05) is 0 Å². The minimum absolute atomic E-state index is 0.136. The number of hydrogen-bond donors (Lipinski definition) is 2. The van der Waals surface area contributed by atoms with Gasteiger partial charge in [0.15, 0.2) is 0 Å². The van der Waals surface area contributed by atoms with E-state index in [-0.39, 0.29) is 17.5 Å². The SMILES string of the molecule is CC(Cn1ccnc1)NS(=O)(=O)c1ccc(CO)cc1Br. The number of aromatic nitrogens is 2. The van der Waals surface area contributed by atoms with Crippen molar-refractivity contribution >= 4 is 26.0 Å². The van der Waals surface area contributed by atoms with E-state index >= 15 is 0 Å². The zero-order valence-electron chi connectivity index (χ0n) is 11.4. The van der Waals surface area contributed by atoms with Gasteiger partial charge < -0.3 is 9.67 Å². The maximum atomic E-state index is 12.4. The van der Waals surface area contributed by atoms with Crippen molar-refractivity contribution in [3.05, 3.63) is 47.0 Å². The Labute approximate surface area is 132 Å². The Morgan fingerprint density at radius 1 is 1.48 bits per heavy atom. The van der Waals surface area contributed by atoms with Gasteiger partial charge in [-0.1, -0.05) is 6.07 Å². The standard InChI is InChI=1S/C13H16BrN3O3S/c1-10(7-17-5-4-15-9-17)16-21(19,20)13-3-2-11(8-18)6-12(13)14/h2-6,9-10,16,18H,7-8H2,1H3. The number of hydrogen-bond acceptors (Lipinski definition) is 4. The second-order valence-electron chi connectivity index (χ2n) is 4.70. The molecule has 6 nitrogen and oxygen atoms in total. The number of imidazole rings is 1. The van der Waals surface area contributed by atoms with Crippen molar-refractivity contribution in [3.63, 3.8) is 0 Å². The van der Waals surface area contributed by atoms with Gasteiger partial charge in [0.25, 0.3) is 0 Å². The molecule has 1 heterocycles. The Kier molecular flexibility index (Phi) is 5.15. The lowest BCUT2D eigenvalue weighted by Gasteiger charge is -2.15. The van der Waals surface area contributed by atoms with E-state index in [0.29, 0.717) is 16.6 Å². The van der Waals surface area contributed by atoms with Gasteiger partial charge in [-0.3, -0.25) is 0 Å². The lowest BCUT2D eigenvalue weighted by molar-refractivity contribution is 0.281. The molecule has 0 aliphatic carbocycles. The first kappa shape index (κ1) is 16.2. The average molecular weight is 374 g/mol. The summed E-state index contributed by atoms with van der Waals surface area (Å²) in [4.78, 5) is 4.07. The van der Waals surface area contributed by atoms with Crippen LogP contribution in [0.4, 0.5) is 0 Å². The lowest BCUT2D eigenvalue weighted by Crippen LogP contribution is -2.35. The summed E-state index contributed by atoms with van der Waals surface area (Å²) in [6.45, 7) is 2.14. The van der Waals surface area contributed by atoms with Gasteiger partial charge in [-0.25, -0.2) is 18.1 Å². The molecule has 1 aromatic heterocycles. The van der Waals surface area contributed by atoms with Gasteiger partial charge in [0.2, 0.25) is 10.0 Å². The van der Waals surface area contributed by atoms with Crippen molar-refractivity contribution in [2.75, 3.05) is 0 Å². The molecule has 1 atom stereocenters. The number of sulfonamides is 1. The Morgan fingerprint density at radius 3 is 2.81 bits per heavy atom. The second kappa shape index (κ2) is 6.69. The van der Waals surface area contributed by atoms with Crippen LogP contribution in [0.15, 0.2) is 46.3 Å². The molecule has 2 aromatic rings. The fraction of sp³-hybridized carbons (Fsp3) is 0.308. The predicted molar refractivity (Wildman–Crippen MR) is 82.1 cm³/mol. The van der Waals surface area contributed by atoms with Gasteiger partial charge in [-0.2, -0.15) is 0 Å². The monoisotopic (exact) mass is 373 g/mol. The molecule has 2 N–H and O–H groups in total. The summed E-state index contributed by atoms with van der Waals surface area (Å²) in [6, 6.07) is 4.37. The van der Waals surface area contributed by atoms with Gasteiger partial charge in [0.05, 0.1) is 17.8 Å². The van der Waals surface area contributed by atoms with Crippen molar-refractivity contribution in [3.8, 4) is 0 Å². The Morgan fingerprint density at radius 2 is 2.24 bits per heavy atom. The molecule has 1 unspecified atom stereocenters. The average Bonchev–Trinajstić information content (AvgIpc) is 2.90. The molecule has 0 amide bonds. The van der Waals surface area contributed by atoms with Gasteiger partial charge in [-0.15, -0.1) is 0 Å². The molecule has 0 aliphatic rings. The predicted octanol–water partition coefficient (Wildman–Crippen LogP) is 1.50. The van der Waals surface area contributed by atoms with E-state index in [0.717, 1.165) is 0 Å². The molecule has 0 aliphatic heterocycles. The van der Waals surface area contributed by atoms with E-state index in [1.165, 1.54) is 6.07 Å². The summed E-state index contributed by atoms with van der Waals surface area (Å²) in [5.74, 6) is 0. The van der Waals surface area contributed by atoms with Crippen LogP contribution in [0.1, 0.15) is 12.5 Å². The molecule has 21 heavy (non-hydrogen) atoms. The number of nitrogens with zero attached hydrogens (tertiary/aromatic N) is 2. The summed E-state index contributed by atoms with van der Waals surface area (Å²) < 4.78 is 29.6. The largest absolute Gasteiger partial charge is 0.392 e. The van der Waals surface area contributed by atoms with Crippen molar-refractivity contribution in [2.45, 2.75) is 31.0 Å². The summed E-state index contributed by atoms with van der Waals surface area (Å²) in [6.07, 6.45) is 5.05. The molecule has 114 valence electrons. The summed E-state index contributed by atoms with van der Waals surface area (Å²) in [5.41, 5.74) is 0.646. The minimum Gasteiger partial charge on any atom is -0.392 e. The van der Waals surface area contributed by atoms with E-state index < -0.39 is 10.0 Å². The van der Waals surface area contributed by atoms with Crippen LogP contribution in [0.3, 0.4) is 0 Å². The van der Waals surface area contributed by atoms with Crippen LogP contribution in [0, 0.1) is 0 Å². The molecule has 8 heteroatoms. The van der Waals surface area contributed by atoms with Crippen LogP contribution in [0.2, 0.25) is 0 Å². The molecule has 0 spiro atoms. The van der Waals surface area contributed by atoms with Crippen molar-refractivity contribution < 1.29 is 13.5 Å². The highest BCUT2D eigenvalue weighted by molar-refractivity contribution is 9.10. The fourth-order valence-corrected chi connectivity index (χ4v) is 4.30.